The maximum absolute atomic E-state index is 13.2. The lowest BCUT2D eigenvalue weighted by molar-refractivity contribution is -0.137. The van der Waals surface area contributed by atoms with Crippen molar-refractivity contribution in [3.63, 3.8) is 0 Å². The molecule has 2 unspecified atom stereocenters. The van der Waals surface area contributed by atoms with Crippen LogP contribution in [-0.4, -0.2) is 17.1 Å². The summed E-state index contributed by atoms with van der Waals surface area (Å²) in [5.41, 5.74) is 8.23. The van der Waals surface area contributed by atoms with E-state index in [0.29, 0.717) is 29.3 Å². The Hall–Kier alpha value is -3.39. The molecule has 0 saturated heterocycles. The molecule has 3 N–H and O–H groups in total. The van der Waals surface area contributed by atoms with Crippen molar-refractivity contribution in [1.82, 2.24) is 4.98 Å². The lowest BCUT2D eigenvalue weighted by atomic mass is 9.78. The van der Waals surface area contributed by atoms with E-state index in [1.165, 1.54) is 6.07 Å². The van der Waals surface area contributed by atoms with Crippen LogP contribution < -0.4 is 16.0 Å². The van der Waals surface area contributed by atoms with Crippen molar-refractivity contribution in [1.29, 1.82) is 0 Å². The number of benzene rings is 2. The second-order valence-electron chi connectivity index (χ2n) is 8.14. The first-order valence-electron chi connectivity index (χ1n) is 10.4. The monoisotopic (exact) mass is 438 g/mol. The fourth-order valence-corrected chi connectivity index (χ4v) is 4.42. The molecule has 8 heteroatoms. The van der Waals surface area contributed by atoms with Gasteiger partial charge in [0.15, 0.2) is 0 Å². The summed E-state index contributed by atoms with van der Waals surface area (Å²) in [7, 11) is 0. The number of nitrogens with zero attached hydrogens (tertiary/aromatic N) is 2. The molecule has 1 aliphatic carbocycles. The Morgan fingerprint density at radius 2 is 1.88 bits per heavy atom. The van der Waals surface area contributed by atoms with Gasteiger partial charge in [0.2, 0.25) is 0 Å². The van der Waals surface area contributed by atoms with E-state index >= 15 is 0 Å². The molecule has 0 bridgehead atoms. The number of rotatable bonds is 3. The van der Waals surface area contributed by atoms with Crippen LogP contribution in [0.15, 0.2) is 60.7 Å². The van der Waals surface area contributed by atoms with Crippen LogP contribution >= 0.6 is 0 Å². The van der Waals surface area contributed by atoms with Gasteiger partial charge in [-0.25, -0.2) is 9.78 Å². The van der Waals surface area contributed by atoms with Gasteiger partial charge in [0.1, 0.15) is 5.82 Å². The molecule has 1 saturated carbocycles. The summed E-state index contributed by atoms with van der Waals surface area (Å²) in [6.07, 6.45) is -2.62. The SMILES string of the molecule is NCc1ccc(NC(=O)N2c3nc(-c4cccc(C(F)(F)F)c4)ccc3C3CCC32)cc1. The highest BCUT2D eigenvalue weighted by molar-refractivity contribution is 6.03. The molecular formula is C24H21F3N4O. The first-order valence-corrected chi connectivity index (χ1v) is 10.4. The summed E-state index contributed by atoms with van der Waals surface area (Å²) in [6, 6.07) is 15.7. The van der Waals surface area contributed by atoms with E-state index in [-0.39, 0.29) is 18.0 Å². The topological polar surface area (TPSA) is 71.2 Å². The molecule has 2 aliphatic rings. The molecule has 0 spiro atoms. The Bertz CT molecular complexity index is 1180. The van der Waals surface area contributed by atoms with Gasteiger partial charge in [-0.2, -0.15) is 13.2 Å². The summed E-state index contributed by atoms with van der Waals surface area (Å²) in [6.45, 7) is 0.416. The number of fused-ring (bicyclic) bond motifs is 3. The molecule has 3 aromatic rings. The van der Waals surface area contributed by atoms with Crippen LogP contribution in [0.25, 0.3) is 11.3 Å². The summed E-state index contributed by atoms with van der Waals surface area (Å²) >= 11 is 0. The summed E-state index contributed by atoms with van der Waals surface area (Å²) < 4.78 is 39.4. The molecule has 5 nitrogen and oxygen atoms in total. The van der Waals surface area contributed by atoms with Gasteiger partial charge in [0.25, 0.3) is 0 Å². The number of hydrogen-bond donors (Lipinski definition) is 2. The molecule has 164 valence electrons. The number of carbonyl (C=O) groups is 1. The molecule has 2 atom stereocenters. The normalized spacial score (nSPS) is 19.2. The Kier molecular flexibility index (Phi) is 4.89. The molecule has 1 fully saturated rings. The van der Waals surface area contributed by atoms with Crippen LogP contribution in [-0.2, 0) is 12.7 Å². The number of hydrogen-bond acceptors (Lipinski definition) is 3. The Balaban J connectivity index is 1.47. The fourth-order valence-electron chi connectivity index (χ4n) is 4.42. The number of nitrogens with one attached hydrogen (secondary N) is 1. The Morgan fingerprint density at radius 1 is 1.09 bits per heavy atom. The van der Waals surface area contributed by atoms with E-state index in [1.807, 2.05) is 18.2 Å². The van der Waals surface area contributed by atoms with Gasteiger partial charge in [-0.3, -0.25) is 4.90 Å². The number of carbonyl (C=O) groups excluding carboxylic acids is 1. The third kappa shape index (κ3) is 3.50. The predicted molar refractivity (Wildman–Crippen MR) is 116 cm³/mol. The summed E-state index contributed by atoms with van der Waals surface area (Å²) in [5.74, 6) is 0.724. The minimum Gasteiger partial charge on any atom is -0.326 e. The van der Waals surface area contributed by atoms with Crippen molar-refractivity contribution in [3.8, 4) is 11.3 Å². The van der Waals surface area contributed by atoms with E-state index in [4.69, 9.17) is 5.73 Å². The van der Waals surface area contributed by atoms with Gasteiger partial charge in [-0.15, -0.1) is 0 Å². The van der Waals surface area contributed by atoms with Gasteiger partial charge in [0, 0.05) is 35.3 Å². The highest BCUT2D eigenvalue weighted by Crippen LogP contribution is 2.51. The van der Waals surface area contributed by atoms with Gasteiger partial charge in [-0.1, -0.05) is 30.3 Å². The van der Waals surface area contributed by atoms with Crippen molar-refractivity contribution in [2.75, 3.05) is 10.2 Å². The fraction of sp³-hybridized carbons (Fsp3) is 0.250. The van der Waals surface area contributed by atoms with Gasteiger partial charge in [0.05, 0.1) is 11.3 Å². The number of amides is 2. The summed E-state index contributed by atoms with van der Waals surface area (Å²) in [4.78, 5) is 19.4. The largest absolute Gasteiger partial charge is 0.416 e. The number of anilines is 2. The van der Waals surface area contributed by atoms with Crippen molar-refractivity contribution in [2.45, 2.75) is 37.5 Å². The van der Waals surface area contributed by atoms with E-state index in [2.05, 4.69) is 10.3 Å². The zero-order valence-electron chi connectivity index (χ0n) is 17.1. The average Bonchev–Trinajstić information content (AvgIpc) is 2.99. The second kappa shape index (κ2) is 7.63. The maximum Gasteiger partial charge on any atom is 0.416 e. The number of halogens is 3. The van der Waals surface area contributed by atoms with E-state index in [0.717, 1.165) is 36.1 Å². The summed E-state index contributed by atoms with van der Waals surface area (Å²) in [5, 5.41) is 2.91. The Labute approximate surface area is 183 Å². The lowest BCUT2D eigenvalue weighted by Crippen LogP contribution is -2.46. The highest BCUT2D eigenvalue weighted by Gasteiger charge is 2.48. The van der Waals surface area contributed by atoms with Crippen LogP contribution in [0, 0.1) is 0 Å². The van der Waals surface area contributed by atoms with Crippen LogP contribution in [0.2, 0.25) is 0 Å². The van der Waals surface area contributed by atoms with Crippen molar-refractivity contribution >= 4 is 17.5 Å². The standard InChI is InChI=1S/C24H21F3N4O/c25-24(26,27)16-3-1-2-15(12-16)20-10-8-19-18-9-11-21(18)31(22(19)30-20)23(32)29-17-6-4-14(13-28)5-7-17/h1-8,10,12,18,21H,9,11,13,28H2,(H,29,32). The molecule has 5 rings (SSSR count). The number of pyridine rings is 1. The van der Waals surface area contributed by atoms with Crippen LogP contribution in [0.3, 0.4) is 0 Å². The highest BCUT2D eigenvalue weighted by atomic mass is 19.4. The zero-order chi connectivity index (χ0) is 22.5. The van der Waals surface area contributed by atoms with Crippen molar-refractivity contribution in [3.05, 3.63) is 77.4 Å². The first kappa shape index (κ1) is 20.5. The molecular weight excluding hydrogens is 417 g/mol. The third-order valence-corrected chi connectivity index (χ3v) is 6.25. The maximum atomic E-state index is 13.2. The van der Waals surface area contributed by atoms with Crippen LogP contribution in [0.1, 0.15) is 35.4 Å². The Morgan fingerprint density at radius 3 is 2.53 bits per heavy atom. The number of urea groups is 1. The van der Waals surface area contributed by atoms with Crippen molar-refractivity contribution < 1.29 is 18.0 Å². The molecule has 1 aromatic heterocycles. The number of nitrogens with two attached hydrogens (primary N) is 1. The second-order valence-corrected chi connectivity index (χ2v) is 8.14. The molecule has 32 heavy (non-hydrogen) atoms. The minimum atomic E-state index is -4.43. The quantitative estimate of drug-likeness (QED) is 0.565. The lowest BCUT2D eigenvalue weighted by Gasteiger charge is -2.35. The van der Waals surface area contributed by atoms with Crippen LogP contribution in [0.4, 0.5) is 29.5 Å². The smallest absolute Gasteiger partial charge is 0.326 e. The molecule has 1 aliphatic heterocycles. The van der Waals surface area contributed by atoms with E-state index in [9.17, 15) is 18.0 Å². The van der Waals surface area contributed by atoms with Crippen LogP contribution in [0.5, 0.6) is 0 Å². The van der Waals surface area contributed by atoms with Crippen molar-refractivity contribution in [2.24, 2.45) is 5.73 Å². The van der Waals surface area contributed by atoms with E-state index in [1.54, 1.807) is 29.2 Å². The molecule has 2 aromatic carbocycles. The minimum absolute atomic E-state index is 0.0116. The third-order valence-electron chi connectivity index (χ3n) is 6.25. The van der Waals surface area contributed by atoms with E-state index < -0.39 is 11.7 Å². The predicted octanol–water partition coefficient (Wildman–Crippen LogP) is 5.52. The van der Waals surface area contributed by atoms with Gasteiger partial charge < -0.3 is 11.1 Å². The zero-order valence-corrected chi connectivity index (χ0v) is 17.1. The molecule has 2 heterocycles. The van der Waals surface area contributed by atoms with Gasteiger partial charge >= 0.3 is 12.2 Å². The number of alkyl halides is 3. The average molecular weight is 438 g/mol. The first-order chi connectivity index (χ1) is 15.3. The molecule has 2 amide bonds. The number of aromatic nitrogens is 1. The molecule has 0 radical (unpaired) electrons. The van der Waals surface area contributed by atoms with Gasteiger partial charge in [-0.05, 0) is 48.7 Å².